The average Bonchev–Trinajstić information content (AvgIpc) is 2.67. The number of carbonyl (C=O) groups excluding carboxylic acids is 1. The van der Waals surface area contributed by atoms with Gasteiger partial charge >= 0.3 is 0 Å². The smallest absolute Gasteiger partial charge is 0.270 e. The van der Waals surface area contributed by atoms with Crippen molar-refractivity contribution in [1.29, 1.82) is 0 Å². The Morgan fingerprint density at radius 3 is 2.71 bits per heavy atom. The highest BCUT2D eigenvalue weighted by Crippen LogP contribution is 2.06. The number of amides is 1. The molecule has 0 saturated heterocycles. The Labute approximate surface area is 97.6 Å². The maximum atomic E-state index is 11.6. The molecule has 3 N–H and O–H groups in total. The van der Waals surface area contributed by atoms with Crippen LogP contribution in [-0.4, -0.2) is 26.1 Å². The van der Waals surface area contributed by atoms with Gasteiger partial charge in [-0.15, -0.1) is 5.10 Å². The Balaban J connectivity index is 1.95. The lowest BCUT2D eigenvalue weighted by molar-refractivity contribution is -0.115. The van der Waals surface area contributed by atoms with Crippen LogP contribution < -0.4 is 11.1 Å². The number of nitrogens with one attached hydrogen (secondary N) is 1. The molecule has 0 aliphatic heterocycles. The van der Waals surface area contributed by atoms with Gasteiger partial charge in [-0.25, -0.2) is 0 Å². The van der Waals surface area contributed by atoms with E-state index in [2.05, 4.69) is 20.7 Å². The van der Waals surface area contributed by atoms with Gasteiger partial charge in [0.25, 0.3) is 5.95 Å². The van der Waals surface area contributed by atoms with Gasteiger partial charge in [-0.2, -0.15) is 4.80 Å². The lowest BCUT2D eigenvalue weighted by Crippen LogP contribution is -2.15. The van der Waals surface area contributed by atoms with E-state index in [1.165, 1.54) is 4.80 Å². The third-order valence-corrected chi connectivity index (χ3v) is 2.10. The first kappa shape index (κ1) is 11.1. The molecular weight excluding hydrogens is 220 g/mol. The third-order valence-electron chi connectivity index (χ3n) is 2.10. The monoisotopic (exact) mass is 232 g/mol. The van der Waals surface area contributed by atoms with Crippen LogP contribution in [0.15, 0.2) is 24.3 Å². The number of carbonyl (C=O) groups is 1. The number of rotatable bonds is 3. The second kappa shape index (κ2) is 4.60. The molecule has 0 spiro atoms. The Morgan fingerprint density at radius 1 is 1.41 bits per heavy atom. The highest BCUT2D eigenvalue weighted by molar-refractivity contribution is 5.90. The maximum absolute atomic E-state index is 11.6. The molecule has 0 fully saturated rings. The molecule has 7 heteroatoms. The summed E-state index contributed by atoms with van der Waals surface area (Å²) >= 11 is 0. The number of nitrogens with two attached hydrogens (primary N) is 1. The van der Waals surface area contributed by atoms with Crippen molar-refractivity contribution in [1.82, 2.24) is 20.2 Å². The van der Waals surface area contributed by atoms with Crippen LogP contribution in [0, 0.1) is 0 Å². The van der Waals surface area contributed by atoms with Crippen LogP contribution in [0.5, 0.6) is 0 Å². The Morgan fingerprint density at radius 2 is 2.12 bits per heavy atom. The Bertz CT molecular complexity index is 518. The van der Waals surface area contributed by atoms with E-state index in [0.717, 1.165) is 5.56 Å². The summed E-state index contributed by atoms with van der Waals surface area (Å²) in [5.41, 5.74) is 7.10. The average molecular weight is 232 g/mol. The largest absolute Gasteiger partial charge is 0.399 e. The van der Waals surface area contributed by atoms with Crippen LogP contribution in [0.1, 0.15) is 5.56 Å². The highest BCUT2D eigenvalue weighted by Gasteiger charge is 2.07. The van der Waals surface area contributed by atoms with Gasteiger partial charge in [0.2, 0.25) is 5.91 Å². The first-order chi connectivity index (χ1) is 8.13. The summed E-state index contributed by atoms with van der Waals surface area (Å²) in [6, 6.07) is 7.12. The number of tetrazole rings is 1. The fourth-order valence-electron chi connectivity index (χ4n) is 1.32. The Kier molecular flexibility index (Phi) is 2.99. The van der Waals surface area contributed by atoms with E-state index in [0.29, 0.717) is 5.69 Å². The number of aryl methyl sites for hydroxylation is 1. The summed E-state index contributed by atoms with van der Waals surface area (Å²) in [5, 5.41) is 13.7. The lowest BCUT2D eigenvalue weighted by Gasteiger charge is -2.01. The van der Waals surface area contributed by atoms with E-state index in [9.17, 15) is 4.79 Å². The summed E-state index contributed by atoms with van der Waals surface area (Å²) in [4.78, 5) is 12.9. The molecule has 7 nitrogen and oxygen atoms in total. The fraction of sp³-hybridized carbons (Fsp3) is 0.200. The van der Waals surface area contributed by atoms with Crippen molar-refractivity contribution in [2.75, 3.05) is 11.1 Å². The van der Waals surface area contributed by atoms with Gasteiger partial charge in [-0.3, -0.25) is 10.1 Å². The van der Waals surface area contributed by atoms with Crippen molar-refractivity contribution >= 4 is 17.5 Å². The molecule has 0 bridgehead atoms. The zero-order valence-electron chi connectivity index (χ0n) is 9.29. The quantitative estimate of drug-likeness (QED) is 0.724. The minimum Gasteiger partial charge on any atom is -0.399 e. The second-order valence-corrected chi connectivity index (χ2v) is 3.57. The number of aromatic nitrogens is 4. The molecule has 17 heavy (non-hydrogen) atoms. The standard InChI is InChI=1S/C10H12N6O/c1-16-14-10(13-15-16)12-9(17)6-7-2-4-8(11)5-3-7/h2-5H,6,11H2,1H3,(H,12,14,17). The first-order valence-electron chi connectivity index (χ1n) is 5.02. The molecule has 1 heterocycles. The summed E-state index contributed by atoms with van der Waals surface area (Å²) in [5.74, 6) is 0.00992. The van der Waals surface area contributed by atoms with Gasteiger partial charge in [0.05, 0.1) is 13.5 Å². The van der Waals surface area contributed by atoms with Crippen molar-refractivity contribution in [3.63, 3.8) is 0 Å². The van der Waals surface area contributed by atoms with Gasteiger partial charge in [0.1, 0.15) is 0 Å². The van der Waals surface area contributed by atoms with Crippen molar-refractivity contribution in [3.8, 4) is 0 Å². The second-order valence-electron chi connectivity index (χ2n) is 3.57. The molecule has 0 unspecified atom stereocenters. The molecule has 0 atom stereocenters. The molecule has 0 radical (unpaired) electrons. The zero-order chi connectivity index (χ0) is 12.3. The third kappa shape index (κ3) is 3.00. The van der Waals surface area contributed by atoms with Gasteiger partial charge in [0.15, 0.2) is 0 Å². The normalized spacial score (nSPS) is 10.2. The van der Waals surface area contributed by atoms with Crippen LogP contribution in [-0.2, 0) is 18.3 Å². The minimum absolute atomic E-state index is 0.192. The van der Waals surface area contributed by atoms with Crippen LogP contribution in [0.3, 0.4) is 0 Å². The molecule has 1 aromatic carbocycles. The van der Waals surface area contributed by atoms with Gasteiger partial charge in [-0.1, -0.05) is 17.2 Å². The van der Waals surface area contributed by atoms with Crippen molar-refractivity contribution in [2.45, 2.75) is 6.42 Å². The summed E-state index contributed by atoms with van der Waals surface area (Å²) in [6.45, 7) is 0. The molecule has 2 aromatic rings. The number of anilines is 2. The number of benzene rings is 1. The summed E-state index contributed by atoms with van der Waals surface area (Å²) in [7, 11) is 1.63. The zero-order valence-corrected chi connectivity index (χ0v) is 9.29. The maximum Gasteiger partial charge on any atom is 0.270 e. The number of nitrogen functional groups attached to an aromatic ring is 1. The van der Waals surface area contributed by atoms with E-state index in [1.807, 2.05) is 0 Å². The van der Waals surface area contributed by atoms with E-state index < -0.39 is 0 Å². The molecule has 0 aliphatic rings. The molecular formula is C10H12N6O. The molecule has 2 rings (SSSR count). The van der Waals surface area contributed by atoms with E-state index in [-0.39, 0.29) is 18.3 Å². The minimum atomic E-state index is -0.192. The van der Waals surface area contributed by atoms with Crippen LogP contribution in [0.25, 0.3) is 0 Å². The lowest BCUT2D eigenvalue weighted by atomic mass is 10.1. The van der Waals surface area contributed by atoms with Gasteiger partial charge < -0.3 is 5.73 Å². The topological polar surface area (TPSA) is 98.7 Å². The predicted octanol–water partition coefficient (Wildman–Crippen LogP) is -0.0265. The summed E-state index contributed by atoms with van der Waals surface area (Å²) in [6.07, 6.45) is 0.249. The Hall–Kier alpha value is -2.44. The van der Waals surface area contributed by atoms with Crippen molar-refractivity contribution in [3.05, 3.63) is 29.8 Å². The number of hydrogen-bond donors (Lipinski definition) is 2. The molecule has 0 aliphatic carbocycles. The molecule has 1 amide bonds. The molecule has 1 aromatic heterocycles. The number of hydrogen-bond acceptors (Lipinski definition) is 5. The summed E-state index contributed by atoms with van der Waals surface area (Å²) < 4.78 is 0. The molecule has 0 saturated carbocycles. The van der Waals surface area contributed by atoms with E-state index in [4.69, 9.17) is 5.73 Å². The van der Waals surface area contributed by atoms with Crippen molar-refractivity contribution < 1.29 is 4.79 Å². The predicted molar refractivity (Wildman–Crippen MR) is 62.0 cm³/mol. The SMILES string of the molecule is Cn1nnc(NC(=O)Cc2ccc(N)cc2)n1. The van der Waals surface area contributed by atoms with Gasteiger partial charge in [-0.05, 0) is 22.9 Å². The molecule has 88 valence electrons. The number of nitrogens with zero attached hydrogens (tertiary/aromatic N) is 4. The van der Waals surface area contributed by atoms with Crippen LogP contribution >= 0.6 is 0 Å². The first-order valence-corrected chi connectivity index (χ1v) is 5.02. The van der Waals surface area contributed by atoms with Crippen LogP contribution in [0.4, 0.5) is 11.6 Å². The van der Waals surface area contributed by atoms with E-state index in [1.54, 1.807) is 31.3 Å². The van der Waals surface area contributed by atoms with Crippen molar-refractivity contribution in [2.24, 2.45) is 7.05 Å². The highest BCUT2D eigenvalue weighted by atomic mass is 16.1. The van der Waals surface area contributed by atoms with Crippen LogP contribution in [0.2, 0.25) is 0 Å². The fourth-order valence-corrected chi connectivity index (χ4v) is 1.32. The van der Waals surface area contributed by atoms with Gasteiger partial charge in [0, 0.05) is 5.69 Å². The van der Waals surface area contributed by atoms with E-state index >= 15 is 0 Å².